The monoisotopic (exact) mass is 290 g/mol. The maximum absolute atomic E-state index is 11.8. The highest BCUT2D eigenvalue weighted by atomic mass is 32.2. The van der Waals surface area contributed by atoms with Crippen molar-refractivity contribution in [3.8, 4) is 0 Å². The fraction of sp³-hybridized carbons (Fsp3) is 0.846. The average Bonchev–Trinajstić information content (AvgIpc) is 2.37. The van der Waals surface area contributed by atoms with E-state index in [2.05, 4.69) is 17.0 Å². The number of esters is 1. The van der Waals surface area contributed by atoms with Crippen molar-refractivity contribution in [3.05, 3.63) is 0 Å². The van der Waals surface area contributed by atoms with Gasteiger partial charge in [0.15, 0.2) is 0 Å². The summed E-state index contributed by atoms with van der Waals surface area (Å²) in [4.78, 5) is 22.9. The number of amides is 1. The fourth-order valence-electron chi connectivity index (χ4n) is 1.58. The minimum absolute atomic E-state index is 0.0394. The highest BCUT2D eigenvalue weighted by molar-refractivity contribution is 8.00. The molecular formula is C13H26N2O3S. The van der Waals surface area contributed by atoms with Gasteiger partial charge in [-0.1, -0.05) is 13.3 Å². The summed E-state index contributed by atoms with van der Waals surface area (Å²) < 4.78 is 4.54. The fourth-order valence-corrected chi connectivity index (χ4v) is 2.55. The molecule has 0 aromatic carbocycles. The van der Waals surface area contributed by atoms with Crippen molar-refractivity contribution >= 4 is 23.6 Å². The van der Waals surface area contributed by atoms with Crippen LogP contribution in [0.5, 0.6) is 0 Å². The van der Waals surface area contributed by atoms with E-state index in [-0.39, 0.29) is 17.2 Å². The van der Waals surface area contributed by atoms with Crippen LogP contribution < -0.4 is 11.1 Å². The van der Waals surface area contributed by atoms with Crippen molar-refractivity contribution in [2.75, 3.05) is 12.9 Å². The van der Waals surface area contributed by atoms with Crippen molar-refractivity contribution in [3.63, 3.8) is 0 Å². The van der Waals surface area contributed by atoms with Gasteiger partial charge in [-0.25, -0.2) is 0 Å². The minimum Gasteiger partial charge on any atom is -0.468 e. The Labute approximate surface area is 120 Å². The molecule has 0 heterocycles. The van der Waals surface area contributed by atoms with Crippen molar-refractivity contribution in [2.45, 2.75) is 57.4 Å². The number of carbonyl (C=O) groups excluding carboxylic acids is 2. The SMILES string of the molecule is CCCC(C)NC(=O)C(C)SCCC(N)C(=O)OC. The van der Waals surface area contributed by atoms with Crippen LogP contribution in [0.25, 0.3) is 0 Å². The Bertz CT molecular complexity index is 287. The van der Waals surface area contributed by atoms with Crippen LogP contribution in [0.2, 0.25) is 0 Å². The van der Waals surface area contributed by atoms with Gasteiger partial charge in [0.2, 0.25) is 5.91 Å². The molecule has 0 bridgehead atoms. The summed E-state index contributed by atoms with van der Waals surface area (Å²) in [6.07, 6.45) is 2.55. The number of ether oxygens (including phenoxy) is 1. The molecule has 0 rings (SSSR count). The number of hydrogen-bond acceptors (Lipinski definition) is 5. The number of thioether (sulfide) groups is 1. The van der Waals surface area contributed by atoms with Crippen molar-refractivity contribution in [2.24, 2.45) is 5.73 Å². The predicted molar refractivity (Wildman–Crippen MR) is 79.0 cm³/mol. The van der Waals surface area contributed by atoms with Crippen LogP contribution in [-0.2, 0) is 14.3 Å². The van der Waals surface area contributed by atoms with Gasteiger partial charge in [0.05, 0.1) is 12.4 Å². The molecule has 0 aliphatic heterocycles. The largest absolute Gasteiger partial charge is 0.468 e. The third-order valence-electron chi connectivity index (χ3n) is 2.78. The number of rotatable bonds is 9. The summed E-state index contributed by atoms with van der Waals surface area (Å²) in [6, 6.07) is -0.398. The zero-order chi connectivity index (χ0) is 14.8. The van der Waals surface area contributed by atoms with Gasteiger partial charge in [-0.3, -0.25) is 9.59 Å². The molecule has 0 aliphatic rings. The van der Waals surface area contributed by atoms with Crippen LogP contribution in [0.3, 0.4) is 0 Å². The molecule has 3 atom stereocenters. The zero-order valence-corrected chi connectivity index (χ0v) is 13.1. The van der Waals surface area contributed by atoms with E-state index in [1.54, 1.807) is 0 Å². The minimum atomic E-state index is -0.605. The van der Waals surface area contributed by atoms with E-state index in [4.69, 9.17) is 5.73 Å². The molecule has 5 nitrogen and oxygen atoms in total. The van der Waals surface area contributed by atoms with Gasteiger partial charge in [0.25, 0.3) is 0 Å². The average molecular weight is 290 g/mol. The van der Waals surface area contributed by atoms with Crippen LogP contribution >= 0.6 is 11.8 Å². The maximum atomic E-state index is 11.8. The summed E-state index contributed by atoms with van der Waals surface area (Å²) in [6.45, 7) is 5.96. The van der Waals surface area contributed by atoms with E-state index < -0.39 is 12.0 Å². The lowest BCUT2D eigenvalue weighted by Gasteiger charge is -2.17. The number of hydrogen-bond donors (Lipinski definition) is 2. The van der Waals surface area contributed by atoms with Crippen LogP contribution in [-0.4, -0.2) is 42.1 Å². The van der Waals surface area contributed by atoms with Gasteiger partial charge in [-0.2, -0.15) is 0 Å². The van der Waals surface area contributed by atoms with Crippen LogP contribution in [0.4, 0.5) is 0 Å². The smallest absolute Gasteiger partial charge is 0.322 e. The predicted octanol–water partition coefficient (Wildman–Crippen LogP) is 1.30. The van der Waals surface area contributed by atoms with E-state index in [9.17, 15) is 9.59 Å². The van der Waals surface area contributed by atoms with Crippen LogP contribution in [0.1, 0.15) is 40.0 Å². The molecule has 112 valence electrons. The highest BCUT2D eigenvalue weighted by Gasteiger charge is 2.17. The van der Waals surface area contributed by atoms with Gasteiger partial charge < -0.3 is 15.8 Å². The molecule has 0 fully saturated rings. The second kappa shape index (κ2) is 10.1. The van der Waals surface area contributed by atoms with Crippen molar-refractivity contribution in [1.82, 2.24) is 5.32 Å². The Balaban J connectivity index is 3.88. The first-order valence-corrected chi connectivity index (χ1v) is 7.72. The summed E-state index contributed by atoms with van der Waals surface area (Å²) in [5.41, 5.74) is 5.62. The number of carbonyl (C=O) groups is 2. The van der Waals surface area contributed by atoms with Crippen molar-refractivity contribution < 1.29 is 14.3 Å². The molecule has 0 saturated heterocycles. The van der Waals surface area contributed by atoms with Gasteiger partial charge in [-0.05, 0) is 32.4 Å². The van der Waals surface area contributed by atoms with Gasteiger partial charge in [0.1, 0.15) is 6.04 Å². The second-order valence-electron chi connectivity index (χ2n) is 4.63. The molecule has 0 radical (unpaired) electrons. The molecule has 0 aliphatic carbocycles. The molecule has 3 N–H and O–H groups in total. The Morgan fingerprint density at radius 2 is 1.95 bits per heavy atom. The lowest BCUT2D eigenvalue weighted by atomic mass is 10.2. The first-order chi connectivity index (χ1) is 8.92. The van der Waals surface area contributed by atoms with E-state index >= 15 is 0 Å². The summed E-state index contributed by atoms with van der Waals surface area (Å²) in [7, 11) is 1.32. The number of nitrogens with two attached hydrogens (primary N) is 1. The molecule has 0 saturated carbocycles. The first kappa shape index (κ1) is 18.2. The molecule has 1 amide bonds. The quantitative estimate of drug-likeness (QED) is 0.626. The van der Waals surface area contributed by atoms with Crippen LogP contribution in [0.15, 0.2) is 0 Å². The Hall–Kier alpha value is -0.750. The van der Waals surface area contributed by atoms with E-state index in [1.165, 1.54) is 18.9 Å². The standard InChI is InChI=1S/C13H26N2O3S/c1-5-6-9(2)15-12(16)10(3)19-8-7-11(14)13(17)18-4/h9-11H,5-8,14H2,1-4H3,(H,15,16). The topological polar surface area (TPSA) is 81.4 Å². The molecular weight excluding hydrogens is 264 g/mol. The summed E-state index contributed by atoms with van der Waals surface area (Å²) in [5.74, 6) is 0.291. The van der Waals surface area contributed by atoms with E-state index in [0.29, 0.717) is 12.2 Å². The molecule has 0 aromatic heterocycles. The Morgan fingerprint density at radius 3 is 2.47 bits per heavy atom. The van der Waals surface area contributed by atoms with E-state index in [0.717, 1.165) is 12.8 Å². The Morgan fingerprint density at radius 1 is 1.32 bits per heavy atom. The zero-order valence-electron chi connectivity index (χ0n) is 12.3. The van der Waals surface area contributed by atoms with Crippen molar-refractivity contribution in [1.29, 1.82) is 0 Å². The highest BCUT2D eigenvalue weighted by Crippen LogP contribution is 2.13. The number of methoxy groups -OCH3 is 1. The molecule has 6 heteroatoms. The molecule has 19 heavy (non-hydrogen) atoms. The Kier molecular flexibility index (Phi) is 9.69. The molecule has 0 aromatic rings. The molecule has 0 spiro atoms. The normalized spacial score (nSPS) is 15.4. The van der Waals surface area contributed by atoms with E-state index in [1.807, 2.05) is 13.8 Å². The summed E-state index contributed by atoms with van der Waals surface area (Å²) in [5, 5.41) is 2.83. The number of nitrogens with one attached hydrogen (secondary N) is 1. The van der Waals surface area contributed by atoms with Gasteiger partial charge in [0, 0.05) is 6.04 Å². The third kappa shape index (κ3) is 8.10. The second-order valence-corrected chi connectivity index (χ2v) is 6.08. The molecule has 3 unspecified atom stereocenters. The lowest BCUT2D eigenvalue weighted by molar-refractivity contribution is -0.142. The first-order valence-electron chi connectivity index (χ1n) is 6.67. The van der Waals surface area contributed by atoms with Gasteiger partial charge in [-0.15, -0.1) is 11.8 Å². The van der Waals surface area contributed by atoms with Gasteiger partial charge >= 0.3 is 5.97 Å². The third-order valence-corrected chi connectivity index (χ3v) is 3.97. The summed E-state index contributed by atoms with van der Waals surface area (Å²) >= 11 is 1.50. The lowest BCUT2D eigenvalue weighted by Crippen LogP contribution is -2.38. The maximum Gasteiger partial charge on any atom is 0.322 e. The van der Waals surface area contributed by atoms with Crippen LogP contribution in [0, 0.1) is 0 Å².